The first-order chi connectivity index (χ1) is 8.36. The van der Waals surface area contributed by atoms with Crippen molar-refractivity contribution in [3.05, 3.63) is 31.4 Å². The maximum Gasteiger partial charge on any atom is 0.244 e. The summed E-state index contributed by atoms with van der Waals surface area (Å²) >= 11 is 0. The second-order valence-corrected chi connectivity index (χ2v) is 4.76. The number of rotatable bonds is 10. The highest BCUT2D eigenvalue weighted by atomic mass is 127. The standard InChI is InChI=1S/C15H27N2.HI/c1-3-5-6-7-8-9-10-12-17-14-13-16(15-17)11-4-2;/h4,13-15H,2-3,5-12H2,1H3;1H/q+1;/p-1. The van der Waals surface area contributed by atoms with E-state index >= 15 is 0 Å². The minimum Gasteiger partial charge on any atom is -1.00 e. The molecule has 18 heavy (non-hydrogen) atoms. The van der Waals surface area contributed by atoms with Crippen LogP contribution in [0, 0.1) is 0 Å². The number of nitrogens with zero attached hydrogens (tertiary/aromatic N) is 2. The van der Waals surface area contributed by atoms with Crippen molar-refractivity contribution in [2.45, 2.75) is 65.0 Å². The molecule has 0 aromatic carbocycles. The summed E-state index contributed by atoms with van der Waals surface area (Å²) in [6, 6.07) is 0. The van der Waals surface area contributed by atoms with Gasteiger partial charge in [0, 0.05) is 0 Å². The number of aryl methyl sites for hydroxylation is 1. The van der Waals surface area contributed by atoms with Gasteiger partial charge in [-0.05, 0) is 12.8 Å². The highest BCUT2D eigenvalue weighted by Gasteiger charge is 2.01. The molecule has 1 heterocycles. The highest BCUT2D eigenvalue weighted by molar-refractivity contribution is 4.73. The first-order valence-corrected chi connectivity index (χ1v) is 7.02. The number of aromatic nitrogens is 2. The summed E-state index contributed by atoms with van der Waals surface area (Å²) in [5.41, 5.74) is 0. The van der Waals surface area contributed by atoms with E-state index in [1.807, 2.05) is 6.08 Å². The number of hydrogen-bond acceptors (Lipinski definition) is 0. The summed E-state index contributed by atoms with van der Waals surface area (Å²) in [6.45, 7) is 8.07. The van der Waals surface area contributed by atoms with Gasteiger partial charge in [-0.25, -0.2) is 9.13 Å². The minimum atomic E-state index is 0. The largest absolute Gasteiger partial charge is 1.00 e. The molecule has 0 bridgehead atoms. The molecule has 0 radical (unpaired) electrons. The number of halogens is 1. The number of unbranched alkanes of at least 4 members (excludes halogenated alkanes) is 6. The molecule has 0 saturated carbocycles. The lowest BCUT2D eigenvalue weighted by molar-refractivity contribution is -0.696. The quantitative estimate of drug-likeness (QED) is 0.251. The lowest BCUT2D eigenvalue weighted by atomic mass is 10.1. The molecule has 0 amide bonds. The summed E-state index contributed by atoms with van der Waals surface area (Å²) in [5.74, 6) is 0. The number of allylic oxidation sites excluding steroid dienone is 1. The van der Waals surface area contributed by atoms with Crippen molar-refractivity contribution >= 4 is 0 Å². The third-order valence-electron chi connectivity index (χ3n) is 3.11. The topological polar surface area (TPSA) is 8.81 Å². The zero-order valence-corrected chi connectivity index (χ0v) is 13.8. The Labute approximate surface area is 129 Å². The molecule has 3 heteroatoms. The van der Waals surface area contributed by atoms with Crippen molar-refractivity contribution in [2.24, 2.45) is 0 Å². The molecule has 0 spiro atoms. The van der Waals surface area contributed by atoms with E-state index in [0.29, 0.717) is 0 Å². The average Bonchev–Trinajstić information content (AvgIpc) is 2.76. The van der Waals surface area contributed by atoms with Crippen LogP contribution in [0.1, 0.15) is 51.9 Å². The molecule has 0 N–H and O–H groups in total. The third kappa shape index (κ3) is 7.90. The Kier molecular flexibility index (Phi) is 11.5. The van der Waals surface area contributed by atoms with E-state index in [1.54, 1.807) is 0 Å². The Hall–Kier alpha value is -0.320. The maximum absolute atomic E-state index is 3.75. The van der Waals surface area contributed by atoms with Crippen molar-refractivity contribution in [2.75, 3.05) is 0 Å². The summed E-state index contributed by atoms with van der Waals surface area (Å²) < 4.78 is 4.43. The first-order valence-electron chi connectivity index (χ1n) is 7.02. The van der Waals surface area contributed by atoms with Crippen LogP contribution in [0.3, 0.4) is 0 Å². The van der Waals surface area contributed by atoms with Crippen LogP contribution in [0.25, 0.3) is 0 Å². The first kappa shape index (κ1) is 17.7. The van der Waals surface area contributed by atoms with Gasteiger partial charge in [0.15, 0.2) is 0 Å². The normalized spacial score (nSPS) is 10.1. The zero-order chi connectivity index (χ0) is 12.3. The van der Waals surface area contributed by atoms with Gasteiger partial charge in [0.05, 0.1) is 6.54 Å². The minimum absolute atomic E-state index is 0. The van der Waals surface area contributed by atoms with Crippen LogP contribution in [-0.2, 0) is 13.1 Å². The molecule has 0 aliphatic heterocycles. The monoisotopic (exact) mass is 362 g/mol. The second kappa shape index (κ2) is 11.8. The van der Waals surface area contributed by atoms with Gasteiger partial charge in [0.2, 0.25) is 6.33 Å². The fourth-order valence-corrected chi connectivity index (χ4v) is 2.08. The van der Waals surface area contributed by atoms with Crippen molar-refractivity contribution < 1.29 is 28.5 Å². The summed E-state index contributed by atoms with van der Waals surface area (Å²) in [5, 5.41) is 0. The Balaban J connectivity index is 0.00000289. The third-order valence-corrected chi connectivity index (χ3v) is 3.11. The van der Waals surface area contributed by atoms with E-state index < -0.39 is 0 Å². The molecule has 1 rings (SSSR count). The molecule has 1 aromatic rings. The van der Waals surface area contributed by atoms with Gasteiger partial charge < -0.3 is 24.0 Å². The molecule has 2 nitrogen and oxygen atoms in total. The predicted molar refractivity (Wildman–Crippen MR) is 72.8 cm³/mol. The van der Waals surface area contributed by atoms with Gasteiger partial charge in [0.1, 0.15) is 18.9 Å². The van der Waals surface area contributed by atoms with Crippen LogP contribution in [-0.4, -0.2) is 4.57 Å². The van der Waals surface area contributed by atoms with E-state index in [9.17, 15) is 0 Å². The highest BCUT2D eigenvalue weighted by Crippen LogP contribution is 2.06. The average molecular weight is 362 g/mol. The molecule has 0 aliphatic carbocycles. The van der Waals surface area contributed by atoms with Crippen molar-refractivity contribution in [3.8, 4) is 0 Å². The van der Waals surface area contributed by atoms with E-state index in [1.165, 1.54) is 44.9 Å². The molecular weight excluding hydrogens is 335 g/mol. The second-order valence-electron chi connectivity index (χ2n) is 4.76. The van der Waals surface area contributed by atoms with E-state index in [0.717, 1.165) is 13.1 Å². The Morgan fingerprint density at radius 1 is 1.11 bits per heavy atom. The van der Waals surface area contributed by atoms with E-state index in [2.05, 4.69) is 41.4 Å². The molecule has 0 saturated heterocycles. The fourth-order valence-electron chi connectivity index (χ4n) is 2.08. The van der Waals surface area contributed by atoms with Crippen LogP contribution < -0.4 is 28.5 Å². The predicted octanol–water partition coefficient (Wildman–Crippen LogP) is 0.716. The smallest absolute Gasteiger partial charge is 0.244 e. The van der Waals surface area contributed by atoms with Crippen LogP contribution in [0.15, 0.2) is 31.4 Å². The number of hydrogen-bond donors (Lipinski definition) is 0. The van der Waals surface area contributed by atoms with Gasteiger partial charge in [-0.1, -0.05) is 51.7 Å². The molecule has 104 valence electrons. The lowest BCUT2D eigenvalue weighted by Gasteiger charge is -1.99. The van der Waals surface area contributed by atoms with Crippen LogP contribution in [0.4, 0.5) is 0 Å². The Morgan fingerprint density at radius 3 is 2.44 bits per heavy atom. The number of imidazole rings is 1. The lowest BCUT2D eigenvalue weighted by Crippen LogP contribution is -3.00. The van der Waals surface area contributed by atoms with Crippen molar-refractivity contribution in [3.63, 3.8) is 0 Å². The SMILES string of the molecule is C=CCn1cc[n+](CCCCCCCCC)c1.[I-]. The van der Waals surface area contributed by atoms with Gasteiger partial charge in [-0.2, -0.15) is 0 Å². The zero-order valence-electron chi connectivity index (χ0n) is 11.7. The summed E-state index contributed by atoms with van der Waals surface area (Å²) in [6.07, 6.45) is 18.0. The molecule has 0 fully saturated rings. The fraction of sp³-hybridized carbons (Fsp3) is 0.667. The molecule has 1 aromatic heterocycles. The van der Waals surface area contributed by atoms with Gasteiger partial charge in [0.25, 0.3) is 0 Å². The summed E-state index contributed by atoms with van der Waals surface area (Å²) in [7, 11) is 0. The van der Waals surface area contributed by atoms with Gasteiger partial charge >= 0.3 is 0 Å². The van der Waals surface area contributed by atoms with Crippen molar-refractivity contribution in [1.82, 2.24) is 4.57 Å². The maximum atomic E-state index is 3.75. The molecule has 0 aliphatic rings. The van der Waals surface area contributed by atoms with Crippen molar-refractivity contribution in [1.29, 1.82) is 0 Å². The Bertz CT molecular complexity index is 307. The van der Waals surface area contributed by atoms with Crippen LogP contribution >= 0.6 is 0 Å². The summed E-state index contributed by atoms with van der Waals surface area (Å²) in [4.78, 5) is 0. The molecule has 0 atom stereocenters. The van der Waals surface area contributed by atoms with Gasteiger partial charge in [-0.15, -0.1) is 0 Å². The van der Waals surface area contributed by atoms with Gasteiger partial charge in [-0.3, -0.25) is 0 Å². The Morgan fingerprint density at radius 2 is 1.78 bits per heavy atom. The molecular formula is C15H27IN2. The van der Waals surface area contributed by atoms with E-state index in [4.69, 9.17) is 0 Å². The van der Waals surface area contributed by atoms with Crippen LogP contribution in [0.5, 0.6) is 0 Å². The molecule has 0 unspecified atom stereocenters. The van der Waals surface area contributed by atoms with E-state index in [-0.39, 0.29) is 24.0 Å². The van der Waals surface area contributed by atoms with Crippen LogP contribution in [0.2, 0.25) is 0 Å².